The summed E-state index contributed by atoms with van der Waals surface area (Å²) in [6.07, 6.45) is 11.7. The molecule has 2 heterocycles. The summed E-state index contributed by atoms with van der Waals surface area (Å²) in [6, 6.07) is 2.12. The van der Waals surface area contributed by atoms with Gasteiger partial charge >= 0.3 is 0 Å². The zero-order valence-electron chi connectivity index (χ0n) is 27.7. The average molecular weight is 632 g/mol. The highest BCUT2D eigenvalue weighted by Gasteiger charge is 2.42. The molecule has 0 radical (unpaired) electrons. The molecule has 2 aliphatic heterocycles. The van der Waals surface area contributed by atoms with Crippen LogP contribution in [0.25, 0.3) is 0 Å². The van der Waals surface area contributed by atoms with Crippen molar-refractivity contribution in [1.29, 1.82) is 0 Å². The molecule has 2 saturated heterocycles. The normalized spacial score (nSPS) is 26.5. The molecule has 0 bridgehead atoms. The number of nitrogens with one attached hydrogen (secondary N) is 4. The Morgan fingerprint density at radius 1 is 0.933 bits per heavy atom. The van der Waals surface area contributed by atoms with E-state index in [9.17, 15) is 18.8 Å². The van der Waals surface area contributed by atoms with Crippen LogP contribution in [0.5, 0.6) is 0 Å². The first-order valence-electron chi connectivity index (χ1n) is 17.4. The van der Waals surface area contributed by atoms with Crippen LogP contribution in [0.1, 0.15) is 116 Å². The summed E-state index contributed by atoms with van der Waals surface area (Å²) < 4.78 is 29.0. The molecule has 4 N–H and O–H groups in total. The molecule has 3 aliphatic rings. The molecule has 1 aromatic carbocycles. The first kappa shape index (κ1) is 35.4. The highest BCUT2D eigenvalue weighted by Crippen LogP contribution is 2.35. The van der Waals surface area contributed by atoms with Gasteiger partial charge in [-0.15, -0.1) is 0 Å². The fourth-order valence-electron chi connectivity index (χ4n) is 7.26. The lowest BCUT2D eigenvalue weighted by Gasteiger charge is -2.34. The molecule has 6 atom stereocenters. The number of piperidine rings is 1. The molecule has 10 heteroatoms. The number of hydrogen-bond donors (Lipinski definition) is 4. The predicted molar refractivity (Wildman–Crippen MR) is 172 cm³/mol. The molecule has 0 aromatic heterocycles. The monoisotopic (exact) mass is 631 g/mol. The van der Waals surface area contributed by atoms with Crippen LogP contribution in [0, 0.1) is 23.5 Å². The molecular weight excluding hydrogens is 576 g/mol. The van der Waals surface area contributed by atoms with Gasteiger partial charge in [-0.25, -0.2) is 8.78 Å². The van der Waals surface area contributed by atoms with E-state index in [2.05, 4.69) is 21.3 Å². The number of halogens is 2. The van der Waals surface area contributed by atoms with E-state index in [0.29, 0.717) is 18.0 Å². The second-order valence-corrected chi connectivity index (χ2v) is 13.9. The number of carbonyl (C=O) groups is 3. The molecule has 8 nitrogen and oxygen atoms in total. The van der Waals surface area contributed by atoms with Gasteiger partial charge in [-0.2, -0.15) is 0 Å². The van der Waals surface area contributed by atoms with Gasteiger partial charge in [0, 0.05) is 36.2 Å². The Hall–Kier alpha value is -2.43. The van der Waals surface area contributed by atoms with Gasteiger partial charge in [-0.1, -0.05) is 58.4 Å². The Morgan fingerprint density at radius 3 is 2.24 bits per heavy atom. The minimum Gasteiger partial charge on any atom is -0.349 e. The Morgan fingerprint density at radius 2 is 1.60 bits per heavy atom. The summed E-state index contributed by atoms with van der Waals surface area (Å²) in [7, 11) is 0. The van der Waals surface area contributed by atoms with Crippen LogP contribution in [0.3, 0.4) is 0 Å². The third-order valence-electron chi connectivity index (χ3n) is 10.2. The van der Waals surface area contributed by atoms with Crippen molar-refractivity contribution in [1.82, 2.24) is 26.2 Å². The van der Waals surface area contributed by atoms with Crippen LogP contribution in [-0.2, 0) is 14.4 Å². The van der Waals surface area contributed by atoms with Crippen molar-refractivity contribution < 1.29 is 23.2 Å². The summed E-state index contributed by atoms with van der Waals surface area (Å²) in [4.78, 5) is 41.4. The molecule has 1 aromatic rings. The summed E-state index contributed by atoms with van der Waals surface area (Å²) in [5.74, 6) is -1.55. The Balaban J connectivity index is 1.49. The standard InChI is InChI=1S/C35H55F2N5O3/c1-22(2)30(43)21-38-29(20-31(44)42-18-12-11-13-23(42)3)35(45)39-24(4)34-40-32(25-14-9-7-5-6-8-10-15-25)33(41-34)27-17-16-26(36)19-28(27)37/h16-17,19,22-25,29,32-34,38,40-41H,5-15,18,20-21H2,1-4H3,(H,39,45)/t23-,24-,29-,32?,33?,34?/m0/s1. The van der Waals surface area contributed by atoms with E-state index < -0.39 is 23.7 Å². The second-order valence-electron chi connectivity index (χ2n) is 13.9. The van der Waals surface area contributed by atoms with E-state index in [1.54, 1.807) is 0 Å². The van der Waals surface area contributed by atoms with Crippen molar-refractivity contribution in [3.05, 3.63) is 35.4 Å². The van der Waals surface area contributed by atoms with Crippen LogP contribution < -0.4 is 21.3 Å². The van der Waals surface area contributed by atoms with Gasteiger partial charge in [0.25, 0.3) is 0 Å². The Labute approximate surface area is 268 Å². The van der Waals surface area contributed by atoms with E-state index in [4.69, 9.17) is 0 Å². The van der Waals surface area contributed by atoms with Gasteiger partial charge in [0.05, 0.1) is 37.3 Å². The van der Waals surface area contributed by atoms with Crippen LogP contribution in [0.2, 0.25) is 0 Å². The molecular formula is C35H55F2N5O3. The number of nitrogens with zero attached hydrogens (tertiary/aromatic N) is 1. The zero-order valence-corrected chi connectivity index (χ0v) is 27.7. The third-order valence-corrected chi connectivity index (χ3v) is 10.2. The fraction of sp³-hybridized carbons (Fsp3) is 0.743. The van der Waals surface area contributed by atoms with Crippen LogP contribution in [-0.4, -0.2) is 65.9 Å². The quantitative estimate of drug-likeness (QED) is 0.271. The Kier molecular flexibility index (Phi) is 13.3. The third kappa shape index (κ3) is 9.78. The second kappa shape index (κ2) is 16.9. The van der Waals surface area contributed by atoms with Gasteiger partial charge in [0.15, 0.2) is 0 Å². The summed E-state index contributed by atoms with van der Waals surface area (Å²) in [5, 5.41) is 13.4. The topological polar surface area (TPSA) is 103 Å². The van der Waals surface area contributed by atoms with Crippen molar-refractivity contribution in [2.45, 2.75) is 141 Å². The van der Waals surface area contributed by atoms with E-state index in [1.165, 1.54) is 37.8 Å². The maximum Gasteiger partial charge on any atom is 0.237 e. The largest absolute Gasteiger partial charge is 0.349 e. The number of likely N-dealkylation sites (tertiary alicyclic amines) is 1. The molecule has 45 heavy (non-hydrogen) atoms. The summed E-state index contributed by atoms with van der Waals surface area (Å²) >= 11 is 0. The minimum absolute atomic E-state index is 0.00255. The average Bonchev–Trinajstić information content (AvgIpc) is 3.49. The number of amides is 2. The summed E-state index contributed by atoms with van der Waals surface area (Å²) in [6.45, 7) is 8.23. The van der Waals surface area contributed by atoms with Crippen molar-refractivity contribution in [2.75, 3.05) is 13.1 Å². The predicted octanol–water partition coefficient (Wildman–Crippen LogP) is 5.12. The summed E-state index contributed by atoms with van der Waals surface area (Å²) in [5.41, 5.74) is 0.419. The maximum atomic E-state index is 15.2. The van der Waals surface area contributed by atoms with Gasteiger partial charge in [0.2, 0.25) is 11.8 Å². The minimum atomic E-state index is -0.867. The fourth-order valence-corrected chi connectivity index (χ4v) is 7.26. The van der Waals surface area contributed by atoms with Crippen LogP contribution >= 0.6 is 0 Å². The van der Waals surface area contributed by atoms with Crippen LogP contribution in [0.15, 0.2) is 18.2 Å². The lowest BCUT2D eigenvalue weighted by molar-refractivity contribution is -0.138. The number of rotatable bonds is 11. The zero-order chi connectivity index (χ0) is 32.5. The molecule has 4 rings (SSSR count). The van der Waals surface area contributed by atoms with Gasteiger partial charge in [-0.05, 0) is 57.9 Å². The maximum absolute atomic E-state index is 15.2. The molecule has 0 spiro atoms. The van der Waals surface area contributed by atoms with Crippen molar-refractivity contribution in [3.63, 3.8) is 0 Å². The highest BCUT2D eigenvalue weighted by atomic mass is 19.1. The number of carbonyl (C=O) groups excluding carboxylic acids is 3. The first-order valence-corrected chi connectivity index (χ1v) is 17.4. The lowest BCUT2D eigenvalue weighted by atomic mass is 9.84. The van der Waals surface area contributed by atoms with E-state index >= 15 is 4.39 Å². The molecule has 1 aliphatic carbocycles. The van der Waals surface area contributed by atoms with E-state index in [0.717, 1.165) is 51.0 Å². The van der Waals surface area contributed by atoms with E-state index in [-0.39, 0.29) is 60.8 Å². The van der Waals surface area contributed by atoms with E-state index in [1.807, 2.05) is 32.6 Å². The molecule has 2 amide bonds. The van der Waals surface area contributed by atoms with Gasteiger partial charge in [-0.3, -0.25) is 30.3 Å². The molecule has 3 fully saturated rings. The van der Waals surface area contributed by atoms with Crippen molar-refractivity contribution in [2.24, 2.45) is 11.8 Å². The number of benzene rings is 1. The molecule has 3 unspecified atom stereocenters. The molecule has 1 saturated carbocycles. The van der Waals surface area contributed by atoms with Crippen LogP contribution in [0.4, 0.5) is 8.78 Å². The van der Waals surface area contributed by atoms with Crippen molar-refractivity contribution >= 4 is 17.6 Å². The molecule has 252 valence electrons. The van der Waals surface area contributed by atoms with Gasteiger partial charge < -0.3 is 10.2 Å². The highest BCUT2D eigenvalue weighted by molar-refractivity contribution is 5.90. The smallest absolute Gasteiger partial charge is 0.237 e. The number of hydrogen-bond acceptors (Lipinski definition) is 6. The van der Waals surface area contributed by atoms with Crippen molar-refractivity contribution in [3.8, 4) is 0 Å². The first-order chi connectivity index (χ1) is 21.5. The Bertz CT molecular complexity index is 1140. The lowest BCUT2D eigenvalue weighted by Crippen LogP contribution is -2.57. The number of Topliss-reactive ketones (excluding diaryl/α,β-unsaturated/α-hetero) is 1. The SMILES string of the molecule is CC(C)C(=O)CN[C@@H](CC(=O)N1CCCC[C@@H]1C)C(=O)N[C@@H](C)C1NC(c2ccc(F)cc2F)C(C2CCCCCCCC2)N1. The van der Waals surface area contributed by atoms with Gasteiger partial charge in [0.1, 0.15) is 17.4 Å². The number of ketones is 1.